The number of nitrogens with zero attached hydrogens (tertiary/aromatic N) is 3. The quantitative estimate of drug-likeness (QED) is 0.223. The van der Waals surface area contributed by atoms with Crippen molar-refractivity contribution in [3.05, 3.63) is 29.5 Å². The topological polar surface area (TPSA) is 126 Å². The molecule has 0 unspecified atom stereocenters. The monoisotopic (exact) mass is 304 g/mol. The number of hydrogen-bond acceptors (Lipinski definition) is 7. The molecule has 1 aromatic rings. The first-order chi connectivity index (χ1) is 10.6. The number of rotatable bonds is 6. The average molecular weight is 304 g/mol. The van der Waals surface area contributed by atoms with Crippen LogP contribution in [0.5, 0.6) is 0 Å². The molecule has 1 aromatic heterocycles. The number of anilines is 2. The summed E-state index contributed by atoms with van der Waals surface area (Å²) in [6.45, 7) is 2.78. The summed E-state index contributed by atoms with van der Waals surface area (Å²) in [5.74, 6) is 7.42. The SMILES string of the molecule is CCNc1cc(C(=NC)/C(=C\N)C(=NC)NN)cc(NC)n1. The van der Waals surface area contributed by atoms with Crippen LogP contribution in [0.4, 0.5) is 11.6 Å². The van der Waals surface area contributed by atoms with Crippen molar-refractivity contribution in [1.82, 2.24) is 10.4 Å². The fourth-order valence-corrected chi connectivity index (χ4v) is 2.00. The highest BCUT2D eigenvalue weighted by molar-refractivity contribution is 6.29. The lowest BCUT2D eigenvalue weighted by Gasteiger charge is -2.14. The minimum Gasteiger partial charge on any atom is -0.404 e. The van der Waals surface area contributed by atoms with E-state index in [0.717, 1.165) is 23.7 Å². The van der Waals surface area contributed by atoms with Crippen molar-refractivity contribution in [3.8, 4) is 0 Å². The zero-order chi connectivity index (χ0) is 16.5. The van der Waals surface area contributed by atoms with E-state index in [1.165, 1.54) is 6.20 Å². The summed E-state index contributed by atoms with van der Waals surface area (Å²) in [6, 6.07) is 3.79. The molecule has 0 aliphatic carbocycles. The molecule has 0 aliphatic rings. The maximum atomic E-state index is 5.74. The van der Waals surface area contributed by atoms with Crippen LogP contribution in [-0.4, -0.2) is 44.2 Å². The molecule has 120 valence electrons. The molecule has 7 N–H and O–H groups in total. The summed E-state index contributed by atoms with van der Waals surface area (Å²) >= 11 is 0. The predicted molar refractivity (Wildman–Crippen MR) is 93.4 cm³/mol. The van der Waals surface area contributed by atoms with Gasteiger partial charge in [-0.15, -0.1) is 0 Å². The van der Waals surface area contributed by atoms with Crippen LogP contribution in [-0.2, 0) is 0 Å². The van der Waals surface area contributed by atoms with Gasteiger partial charge in [-0.2, -0.15) is 0 Å². The number of nitrogens with one attached hydrogen (secondary N) is 3. The van der Waals surface area contributed by atoms with Crippen molar-refractivity contribution in [3.63, 3.8) is 0 Å². The molecule has 8 nitrogen and oxygen atoms in total. The number of pyridine rings is 1. The second-order valence-electron chi connectivity index (χ2n) is 4.28. The van der Waals surface area contributed by atoms with Crippen molar-refractivity contribution in [2.24, 2.45) is 21.6 Å². The third-order valence-corrected chi connectivity index (χ3v) is 2.97. The van der Waals surface area contributed by atoms with Gasteiger partial charge in [0.25, 0.3) is 0 Å². The molecule has 0 saturated heterocycles. The van der Waals surface area contributed by atoms with Gasteiger partial charge in [0.2, 0.25) is 0 Å². The first kappa shape index (κ1) is 17.4. The third kappa shape index (κ3) is 3.95. The largest absolute Gasteiger partial charge is 0.404 e. The summed E-state index contributed by atoms with van der Waals surface area (Å²) in [5, 5.41) is 6.22. The fourth-order valence-electron chi connectivity index (χ4n) is 2.00. The molecule has 0 amide bonds. The summed E-state index contributed by atoms with van der Waals surface area (Å²) in [5.41, 5.74) is 10.4. The first-order valence-corrected chi connectivity index (χ1v) is 6.91. The Morgan fingerprint density at radius 1 is 1.27 bits per heavy atom. The van der Waals surface area contributed by atoms with E-state index in [9.17, 15) is 0 Å². The van der Waals surface area contributed by atoms with Crippen LogP contribution < -0.4 is 27.6 Å². The van der Waals surface area contributed by atoms with Gasteiger partial charge in [-0.1, -0.05) is 0 Å². The van der Waals surface area contributed by atoms with Crippen molar-refractivity contribution in [1.29, 1.82) is 0 Å². The zero-order valence-electron chi connectivity index (χ0n) is 13.4. The van der Waals surface area contributed by atoms with Crippen molar-refractivity contribution < 1.29 is 0 Å². The molecule has 0 aromatic carbocycles. The Morgan fingerprint density at radius 2 is 1.95 bits per heavy atom. The Morgan fingerprint density at radius 3 is 2.41 bits per heavy atom. The normalized spacial score (nSPS) is 13.0. The van der Waals surface area contributed by atoms with Gasteiger partial charge in [-0.3, -0.25) is 9.98 Å². The number of hydrogen-bond donors (Lipinski definition) is 5. The number of hydrazine groups is 1. The molecule has 1 rings (SSSR count). The lowest BCUT2D eigenvalue weighted by atomic mass is 10.0. The molecule has 0 aliphatic heterocycles. The molecule has 22 heavy (non-hydrogen) atoms. The summed E-state index contributed by atoms with van der Waals surface area (Å²) in [6.07, 6.45) is 1.43. The standard InChI is InChI=1S/C14H24N8/c1-5-20-12-7-9(6-11(17-2)21-12)13(18-3)10(8-15)14(19-4)22-16/h6-8H,5,15-16H2,1-4H3,(H,19,22)(H2,17,20,21)/b10-8+,18-13?. The molecule has 0 fully saturated rings. The Kier molecular flexibility index (Phi) is 6.84. The van der Waals surface area contributed by atoms with Gasteiger partial charge in [-0.25, -0.2) is 10.8 Å². The Balaban J connectivity index is 3.39. The second kappa shape index (κ2) is 8.63. The fraction of sp³-hybridized carbons (Fsp3) is 0.357. The zero-order valence-corrected chi connectivity index (χ0v) is 13.4. The van der Waals surface area contributed by atoms with Crippen LogP contribution in [0.2, 0.25) is 0 Å². The average Bonchev–Trinajstić information content (AvgIpc) is 2.55. The smallest absolute Gasteiger partial charge is 0.145 e. The van der Waals surface area contributed by atoms with Crippen LogP contribution in [0.15, 0.2) is 33.9 Å². The van der Waals surface area contributed by atoms with Gasteiger partial charge in [-0.05, 0) is 19.1 Å². The summed E-state index contributed by atoms with van der Waals surface area (Å²) in [4.78, 5) is 12.8. The molecule has 1 heterocycles. The molecule has 0 saturated carbocycles. The number of aliphatic imine (C=N–C) groups is 2. The highest BCUT2D eigenvalue weighted by Gasteiger charge is 2.16. The van der Waals surface area contributed by atoms with Crippen LogP contribution in [0, 0.1) is 0 Å². The molecule has 0 spiro atoms. The Labute approximate surface area is 130 Å². The first-order valence-electron chi connectivity index (χ1n) is 6.91. The van der Waals surface area contributed by atoms with E-state index in [4.69, 9.17) is 11.6 Å². The maximum Gasteiger partial charge on any atom is 0.145 e. The van der Waals surface area contributed by atoms with E-state index in [1.807, 2.05) is 26.1 Å². The van der Waals surface area contributed by atoms with Crippen LogP contribution >= 0.6 is 0 Å². The van der Waals surface area contributed by atoms with E-state index in [2.05, 4.69) is 31.0 Å². The minimum absolute atomic E-state index is 0.455. The van der Waals surface area contributed by atoms with Crippen molar-refractivity contribution in [2.45, 2.75) is 6.92 Å². The maximum absolute atomic E-state index is 5.74. The van der Waals surface area contributed by atoms with Crippen molar-refractivity contribution in [2.75, 3.05) is 38.3 Å². The lowest BCUT2D eigenvalue weighted by molar-refractivity contribution is 1.02. The summed E-state index contributed by atoms with van der Waals surface area (Å²) in [7, 11) is 5.13. The van der Waals surface area contributed by atoms with E-state index < -0.39 is 0 Å². The Hall–Kier alpha value is -2.61. The molecule has 8 heteroatoms. The lowest BCUT2D eigenvalue weighted by Crippen LogP contribution is -2.35. The highest BCUT2D eigenvalue weighted by Crippen LogP contribution is 2.18. The van der Waals surface area contributed by atoms with E-state index in [1.54, 1.807) is 14.1 Å². The molecular weight excluding hydrogens is 280 g/mol. The van der Waals surface area contributed by atoms with Gasteiger partial charge in [0.15, 0.2) is 0 Å². The number of amidine groups is 1. The third-order valence-electron chi connectivity index (χ3n) is 2.97. The van der Waals surface area contributed by atoms with E-state index in [0.29, 0.717) is 17.1 Å². The van der Waals surface area contributed by atoms with Gasteiger partial charge in [0, 0.05) is 39.5 Å². The van der Waals surface area contributed by atoms with E-state index >= 15 is 0 Å². The predicted octanol–water partition coefficient (Wildman–Crippen LogP) is 0.308. The summed E-state index contributed by atoms with van der Waals surface area (Å²) < 4.78 is 0. The molecular formula is C14H24N8. The van der Waals surface area contributed by atoms with Crippen LogP contribution in [0.3, 0.4) is 0 Å². The van der Waals surface area contributed by atoms with Gasteiger partial charge in [0.05, 0.1) is 11.3 Å². The molecule has 0 bridgehead atoms. The van der Waals surface area contributed by atoms with Gasteiger partial charge >= 0.3 is 0 Å². The molecule has 0 atom stereocenters. The highest BCUT2D eigenvalue weighted by atomic mass is 15.2. The van der Waals surface area contributed by atoms with E-state index in [-0.39, 0.29) is 0 Å². The Bertz CT molecular complexity index is 589. The minimum atomic E-state index is 0.455. The number of nitrogens with two attached hydrogens (primary N) is 2. The van der Waals surface area contributed by atoms with Crippen molar-refractivity contribution >= 4 is 23.2 Å². The van der Waals surface area contributed by atoms with Gasteiger partial charge < -0.3 is 21.8 Å². The van der Waals surface area contributed by atoms with Gasteiger partial charge in [0.1, 0.15) is 17.5 Å². The number of aromatic nitrogens is 1. The van der Waals surface area contributed by atoms with Crippen LogP contribution in [0.1, 0.15) is 12.5 Å². The van der Waals surface area contributed by atoms with Crippen LogP contribution in [0.25, 0.3) is 0 Å². The molecule has 0 radical (unpaired) electrons. The second-order valence-corrected chi connectivity index (χ2v) is 4.28.